The summed E-state index contributed by atoms with van der Waals surface area (Å²) in [5, 5.41) is 3.16. The van der Waals surface area contributed by atoms with Crippen molar-refractivity contribution in [3.63, 3.8) is 0 Å². The van der Waals surface area contributed by atoms with Crippen molar-refractivity contribution in [3.05, 3.63) is 29.6 Å². The minimum absolute atomic E-state index is 0.0214. The highest BCUT2D eigenvalue weighted by molar-refractivity contribution is 5.94. The summed E-state index contributed by atoms with van der Waals surface area (Å²) in [5.74, 6) is 0.721. The molecule has 3 heterocycles. The molecule has 2 saturated heterocycles. The molecule has 0 bridgehead atoms. The summed E-state index contributed by atoms with van der Waals surface area (Å²) in [6, 6.07) is 3.90. The Balaban J connectivity index is 1.44. The van der Waals surface area contributed by atoms with Crippen LogP contribution in [0.15, 0.2) is 18.3 Å². The van der Waals surface area contributed by atoms with E-state index in [1.165, 1.54) is 6.42 Å². The summed E-state index contributed by atoms with van der Waals surface area (Å²) in [4.78, 5) is 18.9. The fraction of sp³-hybridized carbons (Fsp3) is 0.647. The number of carbonyl (C=O) groups is 1. The Morgan fingerprint density at radius 1 is 1.41 bits per heavy atom. The maximum Gasteiger partial charge on any atom is 0.251 e. The molecule has 0 saturated carbocycles. The summed E-state index contributed by atoms with van der Waals surface area (Å²) >= 11 is 0. The first-order chi connectivity index (χ1) is 10.7. The van der Waals surface area contributed by atoms with Crippen molar-refractivity contribution < 1.29 is 9.53 Å². The molecule has 2 fully saturated rings. The number of hydrogen-bond donors (Lipinski definition) is 1. The van der Waals surface area contributed by atoms with Gasteiger partial charge in [-0.1, -0.05) is 0 Å². The number of nitrogens with zero attached hydrogens (tertiary/aromatic N) is 2. The fourth-order valence-electron chi connectivity index (χ4n) is 3.31. The highest BCUT2D eigenvalue weighted by Gasteiger charge is 2.24. The van der Waals surface area contributed by atoms with E-state index in [0.29, 0.717) is 11.5 Å². The Hall–Kier alpha value is -1.46. The standard InChI is InChI=1S/C17H25N3O2/c1-13-10-15(2-6-18-13)17(21)19-16-3-7-20(8-4-16)11-14-5-9-22-12-14/h2,6,10,14,16H,3-5,7-9,11-12H2,1H3,(H,19,21). The van der Waals surface area contributed by atoms with E-state index in [2.05, 4.69) is 15.2 Å². The minimum atomic E-state index is 0.0214. The second-order valence-electron chi connectivity index (χ2n) is 6.46. The number of rotatable bonds is 4. The van der Waals surface area contributed by atoms with Crippen LogP contribution < -0.4 is 5.32 Å². The fourth-order valence-corrected chi connectivity index (χ4v) is 3.31. The van der Waals surface area contributed by atoms with E-state index >= 15 is 0 Å². The summed E-state index contributed by atoms with van der Waals surface area (Å²) in [6.45, 7) is 7.01. The van der Waals surface area contributed by atoms with E-state index in [1.807, 2.05) is 13.0 Å². The molecule has 1 atom stereocenters. The third-order valence-corrected chi connectivity index (χ3v) is 4.62. The van der Waals surface area contributed by atoms with Gasteiger partial charge in [0.05, 0.1) is 6.61 Å². The average Bonchev–Trinajstić information content (AvgIpc) is 3.02. The van der Waals surface area contributed by atoms with Crippen LogP contribution >= 0.6 is 0 Å². The number of amides is 1. The third-order valence-electron chi connectivity index (χ3n) is 4.62. The largest absolute Gasteiger partial charge is 0.381 e. The first-order valence-corrected chi connectivity index (χ1v) is 8.24. The SMILES string of the molecule is Cc1cc(C(=O)NC2CCN(CC3CCOC3)CC2)ccn1. The summed E-state index contributed by atoms with van der Waals surface area (Å²) in [6.07, 6.45) is 4.95. The number of likely N-dealkylation sites (tertiary alicyclic amines) is 1. The predicted molar refractivity (Wildman–Crippen MR) is 84.8 cm³/mol. The van der Waals surface area contributed by atoms with Crippen LogP contribution in [0.5, 0.6) is 0 Å². The zero-order chi connectivity index (χ0) is 15.4. The Morgan fingerprint density at radius 3 is 2.91 bits per heavy atom. The molecule has 5 heteroatoms. The number of piperidine rings is 1. The van der Waals surface area contributed by atoms with E-state index in [4.69, 9.17) is 4.74 Å². The van der Waals surface area contributed by atoms with Crippen LogP contribution in [-0.2, 0) is 4.74 Å². The van der Waals surface area contributed by atoms with Gasteiger partial charge in [0, 0.05) is 49.7 Å². The maximum atomic E-state index is 12.3. The highest BCUT2D eigenvalue weighted by atomic mass is 16.5. The Labute approximate surface area is 132 Å². The van der Waals surface area contributed by atoms with Gasteiger partial charge < -0.3 is 15.0 Å². The molecule has 3 rings (SSSR count). The Bertz CT molecular complexity index is 506. The summed E-state index contributed by atoms with van der Waals surface area (Å²) in [5.41, 5.74) is 1.58. The van der Waals surface area contributed by atoms with Gasteiger partial charge in [-0.15, -0.1) is 0 Å². The number of carbonyl (C=O) groups excluding carboxylic acids is 1. The molecule has 0 spiro atoms. The third kappa shape index (κ3) is 4.05. The number of nitrogens with one attached hydrogen (secondary N) is 1. The van der Waals surface area contributed by atoms with Crippen molar-refractivity contribution in [3.8, 4) is 0 Å². The van der Waals surface area contributed by atoms with Gasteiger partial charge in [0.15, 0.2) is 0 Å². The molecule has 5 nitrogen and oxygen atoms in total. The summed E-state index contributed by atoms with van der Waals surface area (Å²) < 4.78 is 5.44. The number of aromatic nitrogens is 1. The zero-order valence-corrected chi connectivity index (χ0v) is 13.3. The molecule has 0 radical (unpaired) electrons. The second kappa shape index (κ2) is 7.20. The average molecular weight is 303 g/mol. The monoisotopic (exact) mass is 303 g/mol. The lowest BCUT2D eigenvalue weighted by Gasteiger charge is -2.33. The molecule has 0 aromatic carbocycles. The van der Waals surface area contributed by atoms with Crippen molar-refractivity contribution in [2.24, 2.45) is 5.92 Å². The number of hydrogen-bond acceptors (Lipinski definition) is 4. The van der Waals surface area contributed by atoms with Crippen LogP contribution in [0, 0.1) is 12.8 Å². The quantitative estimate of drug-likeness (QED) is 0.918. The van der Waals surface area contributed by atoms with Gasteiger partial charge in [-0.25, -0.2) is 0 Å². The second-order valence-corrected chi connectivity index (χ2v) is 6.46. The molecule has 0 aliphatic carbocycles. The molecule has 1 unspecified atom stereocenters. The molecule has 2 aliphatic rings. The van der Waals surface area contributed by atoms with Crippen molar-refractivity contribution in [1.82, 2.24) is 15.2 Å². The van der Waals surface area contributed by atoms with E-state index in [-0.39, 0.29) is 11.9 Å². The number of aryl methyl sites for hydroxylation is 1. The van der Waals surface area contributed by atoms with Crippen LogP contribution in [0.2, 0.25) is 0 Å². The van der Waals surface area contributed by atoms with Crippen LogP contribution in [0.25, 0.3) is 0 Å². The van der Waals surface area contributed by atoms with Crippen molar-refractivity contribution in [1.29, 1.82) is 0 Å². The molecule has 22 heavy (non-hydrogen) atoms. The van der Waals surface area contributed by atoms with Gasteiger partial charge in [-0.3, -0.25) is 9.78 Å². The van der Waals surface area contributed by atoms with Crippen molar-refractivity contribution >= 4 is 5.91 Å². The van der Waals surface area contributed by atoms with Crippen LogP contribution in [0.4, 0.5) is 0 Å². The van der Waals surface area contributed by atoms with Gasteiger partial charge in [-0.2, -0.15) is 0 Å². The van der Waals surface area contributed by atoms with E-state index < -0.39 is 0 Å². The van der Waals surface area contributed by atoms with Gasteiger partial charge >= 0.3 is 0 Å². The lowest BCUT2D eigenvalue weighted by Crippen LogP contribution is -2.45. The first kappa shape index (κ1) is 15.4. The van der Waals surface area contributed by atoms with E-state index in [1.54, 1.807) is 12.3 Å². The Morgan fingerprint density at radius 2 is 2.23 bits per heavy atom. The van der Waals surface area contributed by atoms with Gasteiger partial charge in [-0.05, 0) is 44.2 Å². The highest BCUT2D eigenvalue weighted by Crippen LogP contribution is 2.18. The molecule has 120 valence electrons. The Kier molecular flexibility index (Phi) is 5.05. The van der Waals surface area contributed by atoms with Gasteiger partial charge in [0.2, 0.25) is 0 Å². The molecular weight excluding hydrogens is 278 g/mol. The van der Waals surface area contributed by atoms with Gasteiger partial charge in [0.25, 0.3) is 5.91 Å². The summed E-state index contributed by atoms with van der Waals surface area (Å²) in [7, 11) is 0. The smallest absolute Gasteiger partial charge is 0.251 e. The lowest BCUT2D eigenvalue weighted by atomic mass is 10.0. The number of ether oxygens (including phenoxy) is 1. The molecule has 1 N–H and O–H groups in total. The van der Waals surface area contributed by atoms with Crippen LogP contribution in [-0.4, -0.2) is 54.7 Å². The first-order valence-electron chi connectivity index (χ1n) is 8.24. The normalized spacial score (nSPS) is 23.6. The van der Waals surface area contributed by atoms with Crippen LogP contribution in [0.1, 0.15) is 35.3 Å². The van der Waals surface area contributed by atoms with E-state index in [0.717, 1.165) is 51.4 Å². The minimum Gasteiger partial charge on any atom is -0.381 e. The topological polar surface area (TPSA) is 54.5 Å². The number of pyridine rings is 1. The molecule has 2 aliphatic heterocycles. The van der Waals surface area contributed by atoms with Crippen molar-refractivity contribution in [2.45, 2.75) is 32.2 Å². The molecular formula is C17H25N3O2. The van der Waals surface area contributed by atoms with Gasteiger partial charge in [0.1, 0.15) is 0 Å². The maximum absolute atomic E-state index is 12.3. The molecule has 1 amide bonds. The van der Waals surface area contributed by atoms with E-state index in [9.17, 15) is 4.79 Å². The lowest BCUT2D eigenvalue weighted by molar-refractivity contribution is 0.0903. The molecule has 1 aromatic rings. The predicted octanol–water partition coefficient (Wildman–Crippen LogP) is 1.62. The zero-order valence-electron chi connectivity index (χ0n) is 13.3. The van der Waals surface area contributed by atoms with Crippen LogP contribution in [0.3, 0.4) is 0 Å². The molecule has 1 aromatic heterocycles. The van der Waals surface area contributed by atoms with Crippen molar-refractivity contribution in [2.75, 3.05) is 32.8 Å².